The van der Waals surface area contributed by atoms with E-state index in [1.807, 2.05) is 4.90 Å². The van der Waals surface area contributed by atoms with Gasteiger partial charge in [-0.2, -0.15) is 0 Å². The molecule has 9 heteroatoms. The van der Waals surface area contributed by atoms with Gasteiger partial charge in [0.25, 0.3) is 5.91 Å². The van der Waals surface area contributed by atoms with E-state index in [1.54, 1.807) is 7.05 Å². The molecule has 0 aromatic heterocycles. The molecule has 0 aromatic rings. The van der Waals surface area contributed by atoms with Crippen molar-refractivity contribution in [3.8, 4) is 0 Å². The Morgan fingerprint density at radius 2 is 2.14 bits per heavy atom. The fourth-order valence-electron chi connectivity index (χ4n) is 2.51. The van der Waals surface area contributed by atoms with Crippen molar-refractivity contribution in [3.05, 3.63) is 0 Å². The topological polar surface area (TPSA) is 102 Å². The summed E-state index contributed by atoms with van der Waals surface area (Å²) < 4.78 is 0. The number of unbranched alkanes of at least 4 members (excludes halogenated alkanes) is 2. The third-order valence-corrected chi connectivity index (χ3v) is 4.64. The molecule has 0 aromatic carbocycles. The number of thioether (sulfide) groups is 1. The fourth-order valence-corrected chi connectivity index (χ4v) is 3.32. The number of carboxylic acid groups (broad SMARTS) is 1. The lowest BCUT2D eigenvalue weighted by molar-refractivity contribution is -0.134. The molecule has 0 saturated carbocycles. The quantitative estimate of drug-likeness (QED) is 0.690. The summed E-state index contributed by atoms with van der Waals surface area (Å²) in [6.07, 6.45) is 2.36. The van der Waals surface area contributed by atoms with Crippen LogP contribution in [0.1, 0.15) is 26.2 Å². The second-order valence-corrected chi connectivity index (χ2v) is 6.20. The van der Waals surface area contributed by atoms with Gasteiger partial charge in [0.2, 0.25) is 0 Å². The highest BCUT2D eigenvalue weighted by Gasteiger charge is 2.48. The van der Waals surface area contributed by atoms with E-state index in [0.29, 0.717) is 11.7 Å². The van der Waals surface area contributed by atoms with Gasteiger partial charge in [0, 0.05) is 13.6 Å². The lowest BCUT2D eigenvalue weighted by Gasteiger charge is -2.36. The summed E-state index contributed by atoms with van der Waals surface area (Å²) in [4.78, 5) is 42.2. The number of carbonyl (C=O) groups excluding carboxylic acids is 2. The number of hydrogen-bond acceptors (Lipinski definition) is 6. The Balaban J connectivity index is 2.18. The first-order valence-corrected chi connectivity index (χ1v) is 8.21. The Hall–Kier alpha value is -1.77. The van der Waals surface area contributed by atoms with E-state index in [4.69, 9.17) is 5.11 Å². The van der Waals surface area contributed by atoms with Gasteiger partial charge in [0.15, 0.2) is 17.4 Å². The zero-order valence-electron chi connectivity index (χ0n) is 12.6. The van der Waals surface area contributed by atoms with Crippen LogP contribution in [-0.2, 0) is 9.59 Å². The Kier molecular flexibility index (Phi) is 5.28. The molecule has 2 N–H and O–H groups in total. The smallest absolute Gasteiger partial charge is 0.325 e. The molecule has 0 aliphatic carbocycles. The maximum Gasteiger partial charge on any atom is 0.325 e. The number of rotatable bonds is 6. The van der Waals surface area contributed by atoms with Crippen LogP contribution in [0.25, 0.3) is 0 Å². The van der Waals surface area contributed by atoms with Gasteiger partial charge in [-0.05, 0) is 6.42 Å². The van der Waals surface area contributed by atoms with Crippen LogP contribution >= 0.6 is 11.8 Å². The number of imide groups is 1. The number of nitrogens with zero attached hydrogens (tertiary/aromatic N) is 3. The number of carbonyl (C=O) groups is 3. The Labute approximate surface area is 132 Å². The van der Waals surface area contributed by atoms with Crippen molar-refractivity contribution in [1.82, 2.24) is 15.1 Å². The highest BCUT2D eigenvalue weighted by atomic mass is 32.2. The third-order valence-electron chi connectivity index (χ3n) is 3.65. The molecule has 8 nitrogen and oxygen atoms in total. The molecule has 2 aliphatic heterocycles. The normalized spacial score (nSPS) is 24.2. The molecule has 1 saturated heterocycles. The van der Waals surface area contributed by atoms with Crippen LogP contribution in [0.15, 0.2) is 4.99 Å². The average Bonchev–Trinajstić information content (AvgIpc) is 2.82. The van der Waals surface area contributed by atoms with Gasteiger partial charge in [0.1, 0.15) is 0 Å². The molecule has 3 amide bonds. The summed E-state index contributed by atoms with van der Waals surface area (Å²) in [6.45, 7) is 2.70. The molecule has 22 heavy (non-hydrogen) atoms. The summed E-state index contributed by atoms with van der Waals surface area (Å²) in [5.41, 5.74) is 0. The van der Waals surface area contributed by atoms with Gasteiger partial charge in [0.05, 0.1) is 5.75 Å². The number of nitrogens with one attached hydrogen (secondary N) is 1. The van der Waals surface area contributed by atoms with E-state index in [2.05, 4.69) is 17.2 Å². The van der Waals surface area contributed by atoms with E-state index in [-0.39, 0.29) is 11.7 Å². The summed E-state index contributed by atoms with van der Waals surface area (Å²) in [5, 5.41) is 11.7. The second kappa shape index (κ2) is 6.99. The van der Waals surface area contributed by atoms with Gasteiger partial charge in [-0.1, -0.05) is 31.5 Å². The molecule has 2 heterocycles. The minimum Gasteiger partial charge on any atom is -0.481 e. The number of urea groups is 1. The molecular weight excluding hydrogens is 308 g/mol. The molecular formula is C13H20N4O4S. The van der Waals surface area contributed by atoms with Crippen LogP contribution in [0.3, 0.4) is 0 Å². The van der Waals surface area contributed by atoms with Gasteiger partial charge >= 0.3 is 12.0 Å². The molecule has 0 bridgehead atoms. The lowest BCUT2D eigenvalue weighted by Crippen LogP contribution is -2.63. The first-order chi connectivity index (χ1) is 10.5. The Bertz CT molecular complexity index is 510. The zero-order chi connectivity index (χ0) is 16.3. The first-order valence-electron chi connectivity index (χ1n) is 7.22. The van der Waals surface area contributed by atoms with Crippen LogP contribution in [0.2, 0.25) is 0 Å². The van der Waals surface area contributed by atoms with Crippen molar-refractivity contribution in [1.29, 1.82) is 0 Å². The largest absolute Gasteiger partial charge is 0.481 e. The number of aliphatic imine (C=N–C) groups is 1. The molecule has 0 spiro atoms. The third kappa shape index (κ3) is 3.34. The minimum absolute atomic E-state index is 0.123. The number of fused-ring (bicyclic) bond motifs is 1. The van der Waals surface area contributed by atoms with E-state index in [0.717, 1.165) is 31.0 Å². The highest BCUT2D eigenvalue weighted by molar-refractivity contribution is 8.14. The number of aliphatic carboxylic acids is 1. The maximum absolute atomic E-state index is 12.2. The summed E-state index contributed by atoms with van der Waals surface area (Å²) in [6, 6.07) is -1.05. The van der Waals surface area contributed by atoms with Crippen molar-refractivity contribution in [3.63, 3.8) is 0 Å². The van der Waals surface area contributed by atoms with Gasteiger partial charge in [-0.25, -0.2) is 9.79 Å². The molecule has 2 atom stereocenters. The number of amidine groups is 1. The summed E-state index contributed by atoms with van der Waals surface area (Å²) in [5.74, 6) is -1.44. The van der Waals surface area contributed by atoms with Gasteiger partial charge in [-0.3, -0.25) is 14.9 Å². The number of hydrogen-bond donors (Lipinski definition) is 2. The van der Waals surface area contributed by atoms with Crippen LogP contribution in [0.4, 0.5) is 4.79 Å². The predicted molar refractivity (Wildman–Crippen MR) is 82.6 cm³/mol. The van der Waals surface area contributed by atoms with E-state index < -0.39 is 24.2 Å². The van der Waals surface area contributed by atoms with Crippen LogP contribution < -0.4 is 5.32 Å². The van der Waals surface area contributed by atoms with Crippen molar-refractivity contribution >= 4 is 34.8 Å². The molecule has 2 unspecified atom stereocenters. The van der Waals surface area contributed by atoms with Crippen molar-refractivity contribution < 1.29 is 19.5 Å². The van der Waals surface area contributed by atoms with E-state index in [1.165, 1.54) is 4.90 Å². The number of amides is 3. The number of carboxylic acids is 1. The molecule has 2 rings (SSSR count). The Morgan fingerprint density at radius 1 is 1.41 bits per heavy atom. The van der Waals surface area contributed by atoms with Crippen molar-refractivity contribution in [2.75, 3.05) is 19.3 Å². The zero-order valence-corrected chi connectivity index (χ0v) is 13.4. The monoisotopic (exact) mass is 328 g/mol. The summed E-state index contributed by atoms with van der Waals surface area (Å²) in [7, 11) is 1.58. The standard InChI is InChI=1S/C13H20N4O4S/c1-3-4-5-6-17-9-10(14-13(17)22-7-8(18)19)16(2)12(21)15-11(9)20/h9-10H,3-7H2,1-2H3,(H,18,19)(H,15,20,21). The Morgan fingerprint density at radius 3 is 2.77 bits per heavy atom. The first kappa shape index (κ1) is 16.6. The van der Waals surface area contributed by atoms with Crippen LogP contribution in [0.5, 0.6) is 0 Å². The fraction of sp³-hybridized carbons (Fsp3) is 0.692. The molecule has 0 radical (unpaired) electrons. The average molecular weight is 328 g/mol. The van der Waals surface area contributed by atoms with Crippen molar-refractivity contribution in [2.24, 2.45) is 4.99 Å². The van der Waals surface area contributed by atoms with E-state index in [9.17, 15) is 14.4 Å². The minimum atomic E-state index is -0.940. The van der Waals surface area contributed by atoms with Gasteiger partial charge in [-0.15, -0.1) is 0 Å². The molecule has 2 aliphatic rings. The lowest BCUT2D eigenvalue weighted by atomic mass is 10.1. The van der Waals surface area contributed by atoms with Crippen molar-refractivity contribution in [2.45, 2.75) is 38.4 Å². The highest BCUT2D eigenvalue weighted by Crippen LogP contribution is 2.28. The van der Waals surface area contributed by atoms with Gasteiger partial charge < -0.3 is 14.9 Å². The number of likely N-dealkylation sites (N-methyl/N-ethyl adjacent to an activating group) is 1. The SMILES string of the molecule is CCCCCN1C(SCC(=O)O)=NC2C1C(=O)NC(=O)N2C. The summed E-state index contributed by atoms with van der Waals surface area (Å²) >= 11 is 1.09. The van der Waals surface area contributed by atoms with Crippen LogP contribution in [-0.4, -0.2) is 69.5 Å². The molecule has 1 fully saturated rings. The molecule has 122 valence electrons. The maximum atomic E-state index is 12.2. The van der Waals surface area contributed by atoms with Crippen LogP contribution in [0, 0.1) is 0 Å². The van der Waals surface area contributed by atoms with E-state index >= 15 is 0 Å². The predicted octanol–water partition coefficient (Wildman–Crippen LogP) is 0.542. The second-order valence-electron chi connectivity index (χ2n) is 5.26.